The maximum atomic E-state index is 12.8. The van der Waals surface area contributed by atoms with Crippen LogP contribution >= 0.6 is 0 Å². The second-order valence-electron chi connectivity index (χ2n) is 8.82. The number of amides is 1. The van der Waals surface area contributed by atoms with E-state index in [1.165, 1.54) is 16.4 Å². The van der Waals surface area contributed by atoms with E-state index >= 15 is 0 Å². The third-order valence-corrected chi connectivity index (χ3v) is 8.92. The number of sulfonamides is 1. The quantitative estimate of drug-likeness (QED) is 0.762. The van der Waals surface area contributed by atoms with Gasteiger partial charge in [0.2, 0.25) is 15.9 Å². The lowest BCUT2D eigenvalue weighted by Gasteiger charge is -2.29. The van der Waals surface area contributed by atoms with Crippen molar-refractivity contribution in [2.75, 3.05) is 18.4 Å². The second kappa shape index (κ2) is 7.72. The van der Waals surface area contributed by atoms with Crippen molar-refractivity contribution < 1.29 is 23.1 Å². The van der Waals surface area contributed by atoms with Crippen molar-refractivity contribution in [1.82, 2.24) is 4.31 Å². The molecule has 1 saturated heterocycles. The first kappa shape index (κ1) is 20.3. The van der Waals surface area contributed by atoms with Gasteiger partial charge >= 0.3 is 5.97 Å². The van der Waals surface area contributed by atoms with Crippen molar-refractivity contribution in [3.05, 3.63) is 24.3 Å². The van der Waals surface area contributed by atoms with Gasteiger partial charge in [-0.3, -0.25) is 9.59 Å². The summed E-state index contributed by atoms with van der Waals surface area (Å²) in [6, 6.07) is 6.19. The molecule has 1 aromatic rings. The highest BCUT2D eigenvalue weighted by Crippen LogP contribution is 2.52. The third-order valence-electron chi connectivity index (χ3n) is 7.01. The normalized spacial score (nSPS) is 30.4. The molecule has 8 heteroatoms. The number of carboxylic acid groups (broad SMARTS) is 1. The van der Waals surface area contributed by atoms with E-state index in [9.17, 15) is 23.1 Å². The zero-order chi connectivity index (χ0) is 20.8. The van der Waals surface area contributed by atoms with Gasteiger partial charge in [-0.25, -0.2) is 8.42 Å². The van der Waals surface area contributed by atoms with E-state index in [0.717, 1.165) is 32.1 Å². The third kappa shape index (κ3) is 3.80. The van der Waals surface area contributed by atoms with Crippen molar-refractivity contribution in [3.8, 4) is 0 Å². The minimum atomic E-state index is -3.53. The number of piperidine rings is 1. The zero-order valence-electron chi connectivity index (χ0n) is 16.6. The number of anilines is 1. The number of rotatable bonds is 5. The van der Waals surface area contributed by atoms with Gasteiger partial charge in [0.25, 0.3) is 0 Å². The van der Waals surface area contributed by atoms with E-state index in [1.54, 1.807) is 12.1 Å². The smallest absolute Gasteiger partial charge is 0.307 e. The van der Waals surface area contributed by atoms with Gasteiger partial charge in [-0.2, -0.15) is 4.31 Å². The Labute approximate surface area is 171 Å². The Morgan fingerprint density at radius 1 is 1.00 bits per heavy atom. The van der Waals surface area contributed by atoms with Crippen LogP contribution in [0.15, 0.2) is 29.2 Å². The number of aliphatic carboxylic acids is 1. The summed E-state index contributed by atoms with van der Waals surface area (Å²) in [4.78, 5) is 24.6. The number of carbonyl (C=O) groups excluding carboxylic acids is 1. The summed E-state index contributed by atoms with van der Waals surface area (Å²) in [5.74, 6) is -1.53. The lowest BCUT2D eigenvalue weighted by molar-refractivity contribution is -0.148. The molecule has 0 unspecified atom stereocenters. The predicted octanol–water partition coefficient (Wildman–Crippen LogP) is 2.79. The lowest BCUT2D eigenvalue weighted by Crippen LogP contribution is -2.38. The molecule has 4 rings (SSSR count). The molecule has 1 aliphatic heterocycles. The van der Waals surface area contributed by atoms with Gasteiger partial charge in [-0.15, -0.1) is 0 Å². The van der Waals surface area contributed by atoms with E-state index in [4.69, 9.17) is 0 Å². The van der Waals surface area contributed by atoms with Crippen molar-refractivity contribution in [2.45, 2.75) is 43.9 Å². The Bertz CT molecular complexity index is 890. The molecule has 158 valence electrons. The monoisotopic (exact) mass is 420 g/mol. The first-order valence-corrected chi connectivity index (χ1v) is 11.8. The molecule has 2 aliphatic carbocycles. The SMILES string of the molecule is CC1CCN(S(=O)(=O)c2ccc(NC(=O)[C@@H]3[C@@H]4CC[C@@H](C4)[C@@H]3C(=O)O)cc2)CC1. The molecule has 0 spiro atoms. The number of benzene rings is 1. The number of hydrogen-bond acceptors (Lipinski definition) is 4. The molecular weight excluding hydrogens is 392 g/mol. The van der Waals surface area contributed by atoms with Crippen LogP contribution in [0.2, 0.25) is 0 Å². The fraction of sp³-hybridized carbons (Fsp3) is 0.619. The average molecular weight is 421 g/mol. The molecule has 0 aromatic heterocycles. The fourth-order valence-electron chi connectivity index (χ4n) is 5.33. The van der Waals surface area contributed by atoms with Crippen LogP contribution in [0.3, 0.4) is 0 Å². The van der Waals surface area contributed by atoms with Gasteiger partial charge in [-0.05, 0) is 74.1 Å². The predicted molar refractivity (Wildman–Crippen MR) is 108 cm³/mol. The summed E-state index contributed by atoms with van der Waals surface area (Å²) in [7, 11) is -3.53. The number of fused-ring (bicyclic) bond motifs is 2. The Morgan fingerprint density at radius 3 is 2.17 bits per heavy atom. The molecule has 29 heavy (non-hydrogen) atoms. The molecule has 0 radical (unpaired) electrons. The number of hydrogen-bond donors (Lipinski definition) is 2. The molecule has 2 saturated carbocycles. The minimum absolute atomic E-state index is 0.0908. The number of carboxylic acids is 1. The van der Waals surface area contributed by atoms with E-state index in [1.807, 2.05) is 0 Å². The summed E-state index contributed by atoms with van der Waals surface area (Å²) in [5.41, 5.74) is 0.494. The number of carbonyl (C=O) groups is 2. The molecule has 7 nitrogen and oxygen atoms in total. The van der Waals surface area contributed by atoms with Crippen molar-refractivity contribution in [2.24, 2.45) is 29.6 Å². The first-order valence-electron chi connectivity index (χ1n) is 10.4. The Balaban J connectivity index is 1.44. The minimum Gasteiger partial charge on any atom is -0.481 e. The maximum absolute atomic E-state index is 12.8. The summed E-state index contributed by atoms with van der Waals surface area (Å²) in [6.07, 6.45) is 4.31. The van der Waals surface area contributed by atoms with Gasteiger partial charge < -0.3 is 10.4 Å². The van der Waals surface area contributed by atoms with Crippen LogP contribution in [0.4, 0.5) is 5.69 Å². The number of nitrogens with zero attached hydrogens (tertiary/aromatic N) is 1. The van der Waals surface area contributed by atoms with E-state index in [-0.39, 0.29) is 22.6 Å². The molecule has 3 aliphatic rings. The highest BCUT2D eigenvalue weighted by atomic mass is 32.2. The number of nitrogens with one attached hydrogen (secondary N) is 1. The maximum Gasteiger partial charge on any atom is 0.307 e. The van der Waals surface area contributed by atoms with Gasteiger partial charge in [0.1, 0.15) is 0 Å². The molecule has 4 atom stereocenters. The summed E-state index contributed by atoms with van der Waals surface area (Å²) in [5, 5.41) is 12.3. The van der Waals surface area contributed by atoms with E-state index in [2.05, 4.69) is 12.2 Å². The van der Waals surface area contributed by atoms with Crippen LogP contribution in [0.25, 0.3) is 0 Å². The lowest BCUT2D eigenvalue weighted by atomic mass is 9.78. The van der Waals surface area contributed by atoms with Crippen LogP contribution in [-0.2, 0) is 19.6 Å². The zero-order valence-corrected chi connectivity index (χ0v) is 17.4. The Kier molecular flexibility index (Phi) is 5.42. The topological polar surface area (TPSA) is 104 Å². The molecule has 3 fully saturated rings. The standard InChI is InChI=1S/C21H28N2O5S/c1-13-8-10-23(11-9-13)29(27,28)17-6-4-16(5-7-17)22-20(24)18-14-2-3-15(12-14)19(18)21(25)26/h4-7,13-15,18-19H,2-3,8-12H2,1H3,(H,22,24)(H,25,26)/t14-,15+,18-,19+/m1/s1. The van der Waals surface area contributed by atoms with Crippen LogP contribution in [0.1, 0.15) is 39.0 Å². The summed E-state index contributed by atoms with van der Waals surface area (Å²) in [6.45, 7) is 3.19. The van der Waals surface area contributed by atoms with Crippen molar-refractivity contribution in [3.63, 3.8) is 0 Å². The highest BCUT2D eigenvalue weighted by Gasteiger charge is 2.54. The fourth-order valence-corrected chi connectivity index (χ4v) is 6.80. The van der Waals surface area contributed by atoms with Crippen LogP contribution in [0.5, 0.6) is 0 Å². The van der Waals surface area contributed by atoms with Gasteiger partial charge in [0.05, 0.1) is 16.7 Å². The molecule has 2 N–H and O–H groups in total. The van der Waals surface area contributed by atoms with Gasteiger partial charge in [0, 0.05) is 18.8 Å². The molecule has 1 amide bonds. The second-order valence-corrected chi connectivity index (χ2v) is 10.8. The van der Waals surface area contributed by atoms with Crippen LogP contribution in [0, 0.1) is 29.6 Å². The van der Waals surface area contributed by atoms with Gasteiger partial charge in [0.15, 0.2) is 0 Å². The van der Waals surface area contributed by atoms with Crippen LogP contribution < -0.4 is 5.32 Å². The summed E-state index contributed by atoms with van der Waals surface area (Å²) < 4.78 is 27.2. The molecular formula is C21H28N2O5S. The van der Waals surface area contributed by atoms with Crippen molar-refractivity contribution in [1.29, 1.82) is 0 Å². The molecule has 1 heterocycles. The van der Waals surface area contributed by atoms with E-state index < -0.39 is 27.8 Å². The molecule has 1 aromatic carbocycles. The largest absolute Gasteiger partial charge is 0.481 e. The summed E-state index contributed by atoms with van der Waals surface area (Å²) >= 11 is 0. The Morgan fingerprint density at radius 2 is 1.59 bits per heavy atom. The molecule has 2 bridgehead atoms. The Hall–Kier alpha value is -1.93. The average Bonchev–Trinajstić information content (AvgIpc) is 3.30. The van der Waals surface area contributed by atoms with Crippen molar-refractivity contribution >= 4 is 27.6 Å². The van der Waals surface area contributed by atoms with E-state index in [0.29, 0.717) is 24.7 Å². The van der Waals surface area contributed by atoms with Crippen LogP contribution in [-0.4, -0.2) is 42.8 Å². The highest BCUT2D eigenvalue weighted by molar-refractivity contribution is 7.89. The first-order chi connectivity index (χ1) is 13.8. The van der Waals surface area contributed by atoms with Gasteiger partial charge in [-0.1, -0.05) is 6.92 Å².